The standard InChI is InChI=1S/C19H33N2/c1-4-7-10-13-17-18(14-11-8-5-2)20-16-21-19(17)15-12-9-6-3/h4-15H2,1-3H3. The van der Waals surface area contributed by atoms with Crippen LogP contribution in [0.1, 0.15) is 95.5 Å². The third-order valence-electron chi connectivity index (χ3n) is 4.13. The van der Waals surface area contributed by atoms with Crippen molar-refractivity contribution in [3.63, 3.8) is 0 Å². The van der Waals surface area contributed by atoms with E-state index in [0.29, 0.717) is 0 Å². The van der Waals surface area contributed by atoms with E-state index in [0.717, 1.165) is 19.3 Å². The van der Waals surface area contributed by atoms with E-state index in [1.54, 1.807) is 0 Å². The quantitative estimate of drug-likeness (QED) is 0.476. The van der Waals surface area contributed by atoms with Crippen molar-refractivity contribution < 1.29 is 0 Å². The van der Waals surface area contributed by atoms with Crippen LogP contribution in [-0.4, -0.2) is 9.97 Å². The van der Waals surface area contributed by atoms with Gasteiger partial charge in [0.2, 0.25) is 0 Å². The number of hydrogen-bond donors (Lipinski definition) is 0. The highest BCUT2D eigenvalue weighted by atomic mass is 14.8. The minimum Gasteiger partial charge on any atom is -0.230 e. The number of nitrogens with zero attached hydrogens (tertiary/aromatic N) is 2. The molecule has 0 amide bonds. The minimum absolute atomic E-state index is 1.11. The van der Waals surface area contributed by atoms with Crippen LogP contribution in [0.25, 0.3) is 0 Å². The maximum Gasteiger partial charge on any atom is 0.198 e. The lowest BCUT2D eigenvalue weighted by Crippen LogP contribution is -2.07. The molecule has 0 atom stereocenters. The van der Waals surface area contributed by atoms with Crippen LogP contribution in [0.5, 0.6) is 0 Å². The number of unbranched alkanes of at least 4 members (excludes halogenated alkanes) is 6. The molecule has 1 heterocycles. The number of rotatable bonds is 12. The molecule has 0 saturated carbocycles. The molecule has 0 fully saturated rings. The summed E-state index contributed by atoms with van der Waals surface area (Å²) in [5.41, 5.74) is 4.01. The number of aryl methyl sites for hydroxylation is 2. The Bertz CT molecular complexity index is 346. The first-order chi connectivity index (χ1) is 10.3. The van der Waals surface area contributed by atoms with Crippen molar-refractivity contribution in [1.29, 1.82) is 0 Å². The monoisotopic (exact) mass is 289 g/mol. The molecule has 1 aromatic heterocycles. The molecule has 1 rings (SSSR count). The lowest BCUT2D eigenvalue weighted by molar-refractivity contribution is 0.656. The average Bonchev–Trinajstić information content (AvgIpc) is 2.50. The van der Waals surface area contributed by atoms with E-state index in [1.165, 1.54) is 74.7 Å². The molecular weight excluding hydrogens is 256 g/mol. The Labute approximate surface area is 131 Å². The second-order valence-electron chi connectivity index (χ2n) is 6.07. The van der Waals surface area contributed by atoms with Crippen LogP contribution in [0.15, 0.2) is 0 Å². The molecule has 1 radical (unpaired) electrons. The van der Waals surface area contributed by atoms with Crippen molar-refractivity contribution in [2.75, 3.05) is 0 Å². The smallest absolute Gasteiger partial charge is 0.198 e. The fourth-order valence-corrected chi connectivity index (χ4v) is 2.79. The highest BCUT2D eigenvalue weighted by Crippen LogP contribution is 2.18. The average molecular weight is 289 g/mol. The first kappa shape index (κ1) is 18.1. The minimum atomic E-state index is 1.11. The van der Waals surface area contributed by atoms with Gasteiger partial charge < -0.3 is 0 Å². The zero-order valence-electron chi connectivity index (χ0n) is 14.4. The van der Waals surface area contributed by atoms with E-state index in [1.807, 2.05) is 0 Å². The van der Waals surface area contributed by atoms with Gasteiger partial charge in [0.05, 0.1) is 0 Å². The fraction of sp³-hybridized carbons (Fsp3) is 0.789. The molecule has 0 aliphatic rings. The second-order valence-corrected chi connectivity index (χ2v) is 6.07. The lowest BCUT2D eigenvalue weighted by Gasteiger charge is -2.13. The molecule has 21 heavy (non-hydrogen) atoms. The molecule has 119 valence electrons. The summed E-state index contributed by atoms with van der Waals surface area (Å²) in [4.78, 5) is 8.96. The topological polar surface area (TPSA) is 25.8 Å². The van der Waals surface area contributed by atoms with Gasteiger partial charge in [0.25, 0.3) is 0 Å². The predicted octanol–water partition coefficient (Wildman–Crippen LogP) is 5.47. The van der Waals surface area contributed by atoms with E-state index in [4.69, 9.17) is 0 Å². The third-order valence-corrected chi connectivity index (χ3v) is 4.13. The first-order valence-corrected chi connectivity index (χ1v) is 9.08. The Morgan fingerprint density at radius 1 is 0.619 bits per heavy atom. The van der Waals surface area contributed by atoms with Crippen molar-refractivity contribution in [3.8, 4) is 0 Å². The normalized spacial score (nSPS) is 11.0. The fourth-order valence-electron chi connectivity index (χ4n) is 2.79. The van der Waals surface area contributed by atoms with E-state index < -0.39 is 0 Å². The first-order valence-electron chi connectivity index (χ1n) is 9.08. The Balaban J connectivity index is 2.75. The van der Waals surface area contributed by atoms with Crippen LogP contribution >= 0.6 is 0 Å². The molecule has 0 saturated heterocycles. The summed E-state index contributed by atoms with van der Waals surface area (Å²) in [6, 6.07) is 0. The van der Waals surface area contributed by atoms with Gasteiger partial charge in [-0.1, -0.05) is 59.3 Å². The highest BCUT2D eigenvalue weighted by molar-refractivity contribution is 5.25. The molecule has 1 aromatic rings. The van der Waals surface area contributed by atoms with Gasteiger partial charge in [-0.3, -0.25) is 0 Å². The van der Waals surface area contributed by atoms with Crippen molar-refractivity contribution >= 4 is 0 Å². The molecular formula is C19H33N2. The zero-order chi connectivity index (χ0) is 15.3. The van der Waals surface area contributed by atoms with Gasteiger partial charge in [0, 0.05) is 11.4 Å². The third kappa shape index (κ3) is 7.06. The molecule has 0 spiro atoms. The maximum absolute atomic E-state index is 4.48. The van der Waals surface area contributed by atoms with E-state index in [2.05, 4.69) is 37.1 Å². The van der Waals surface area contributed by atoms with Crippen LogP contribution in [0, 0.1) is 6.33 Å². The summed E-state index contributed by atoms with van der Waals surface area (Å²) >= 11 is 0. The maximum atomic E-state index is 4.48. The van der Waals surface area contributed by atoms with Gasteiger partial charge >= 0.3 is 0 Å². The molecule has 0 N–H and O–H groups in total. The molecule has 2 heteroatoms. The van der Waals surface area contributed by atoms with Gasteiger partial charge in [0.1, 0.15) is 0 Å². The zero-order valence-corrected chi connectivity index (χ0v) is 14.4. The van der Waals surface area contributed by atoms with Gasteiger partial charge in [-0.2, -0.15) is 0 Å². The summed E-state index contributed by atoms with van der Waals surface area (Å²) < 4.78 is 0. The molecule has 0 unspecified atom stereocenters. The summed E-state index contributed by atoms with van der Waals surface area (Å²) in [6.45, 7) is 6.77. The summed E-state index contributed by atoms with van der Waals surface area (Å²) in [5.74, 6) is 0. The van der Waals surface area contributed by atoms with Crippen molar-refractivity contribution in [3.05, 3.63) is 23.3 Å². The summed E-state index contributed by atoms with van der Waals surface area (Å²) in [5, 5.41) is 0. The molecule has 2 nitrogen and oxygen atoms in total. The van der Waals surface area contributed by atoms with Crippen LogP contribution in [0.2, 0.25) is 0 Å². The van der Waals surface area contributed by atoms with Crippen LogP contribution in [0.3, 0.4) is 0 Å². The second kappa shape index (κ2) is 11.7. The molecule has 0 aliphatic carbocycles. The summed E-state index contributed by atoms with van der Waals surface area (Å²) in [6.07, 6.45) is 17.8. The lowest BCUT2D eigenvalue weighted by atomic mass is 9.97. The van der Waals surface area contributed by atoms with Crippen molar-refractivity contribution in [2.45, 2.75) is 97.8 Å². The Morgan fingerprint density at radius 3 is 1.48 bits per heavy atom. The van der Waals surface area contributed by atoms with Gasteiger partial charge in [0.15, 0.2) is 6.33 Å². The molecule has 0 bridgehead atoms. The molecule has 0 aliphatic heterocycles. The Morgan fingerprint density at radius 2 is 1.05 bits per heavy atom. The van der Waals surface area contributed by atoms with Gasteiger partial charge in [-0.05, 0) is 44.1 Å². The van der Waals surface area contributed by atoms with Gasteiger partial charge in [-0.25, -0.2) is 9.97 Å². The van der Waals surface area contributed by atoms with Crippen molar-refractivity contribution in [2.24, 2.45) is 0 Å². The summed E-state index contributed by atoms with van der Waals surface area (Å²) in [7, 11) is 0. The molecule has 0 aromatic carbocycles. The largest absolute Gasteiger partial charge is 0.230 e. The van der Waals surface area contributed by atoms with E-state index in [9.17, 15) is 0 Å². The van der Waals surface area contributed by atoms with Crippen LogP contribution in [0.4, 0.5) is 0 Å². The van der Waals surface area contributed by atoms with Crippen LogP contribution in [-0.2, 0) is 19.3 Å². The van der Waals surface area contributed by atoms with E-state index >= 15 is 0 Å². The Hall–Kier alpha value is -0.920. The predicted molar refractivity (Wildman–Crippen MR) is 90.6 cm³/mol. The number of hydrogen-bond acceptors (Lipinski definition) is 2. The van der Waals surface area contributed by atoms with Crippen LogP contribution < -0.4 is 0 Å². The van der Waals surface area contributed by atoms with Gasteiger partial charge in [-0.15, -0.1) is 0 Å². The SMILES string of the molecule is CCCCCc1n[c]nc(CCCCC)c1CCCCC. The number of aromatic nitrogens is 2. The highest BCUT2D eigenvalue weighted by Gasteiger charge is 2.11. The Kier molecular flexibility index (Phi) is 10.1. The van der Waals surface area contributed by atoms with E-state index in [-0.39, 0.29) is 0 Å². The van der Waals surface area contributed by atoms with Crippen molar-refractivity contribution in [1.82, 2.24) is 9.97 Å².